The van der Waals surface area contributed by atoms with E-state index in [1.807, 2.05) is 35.6 Å². The molecule has 0 saturated carbocycles. The number of hydrogen-bond acceptors (Lipinski definition) is 5. The first kappa shape index (κ1) is 21.6. The van der Waals surface area contributed by atoms with Gasteiger partial charge in [-0.2, -0.15) is 0 Å². The summed E-state index contributed by atoms with van der Waals surface area (Å²) in [6.07, 6.45) is 0.856. The summed E-state index contributed by atoms with van der Waals surface area (Å²) < 4.78 is 3.57. The fourth-order valence-corrected chi connectivity index (χ4v) is 4.52. The Morgan fingerprint density at radius 1 is 1.06 bits per heavy atom. The highest BCUT2D eigenvalue weighted by Gasteiger charge is 2.22. The first-order valence-electron chi connectivity index (χ1n) is 10.2. The number of carbonyl (C=O) groups is 1. The Hall–Kier alpha value is -2.64. The van der Waals surface area contributed by atoms with E-state index < -0.39 is 0 Å². The number of halogens is 1. The third kappa shape index (κ3) is 4.25. The molecule has 2 aromatic heterocycles. The molecule has 4 aromatic rings. The molecular formula is C23H23ClN4O2S. The Bertz CT molecular complexity index is 1310. The second-order valence-corrected chi connectivity index (χ2v) is 9.65. The van der Waals surface area contributed by atoms with Crippen LogP contribution in [-0.2, 0) is 6.54 Å². The molecule has 0 bridgehead atoms. The monoisotopic (exact) mass is 454 g/mol. The lowest BCUT2D eigenvalue weighted by atomic mass is 10.1. The number of benzene rings is 2. The SMILES string of the molecule is CC(C)CCn1c(=O)c2ccccc2n2c(SC(C)C(=O)c3ccc(Cl)cc3)nnc12. The van der Waals surface area contributed by atoms with Crippen molar-refractivity contribution in [1.82, 2.24) is 19.2 Å². The van der Waals surface area contributed by atoms with Gasteiger partial charge in [-0.15, -0.1) is 10.2 Å². The van der Waals surface area contributed by atoms with Crippen LogP contribution in [0.25, 0.3) is 16.7 Å². The van der Waals surface area contributed by atoms with Crippen molar-refractivity contribution in [3.05, 3.63) is 69.5 Å². The lowest BCUT2D eigenvalue weighted by molar-refractivity contribution is 0.0994. The van der Waals surface area contributed by atoms with E-state index in [4.69, 9.17) is 11.6 Å². The maximum atomic E-state index is 13.1. The minimum absolute atomic E-state index is 0.0177. The van der Waals surface area contributed by atoms with Crippen molar-refractivity contribution in [2.45, 2.75) is 44.1 Å². The Morgan fingerprint density at radius 2 is 1.77 bits per heavy atom. The van der Waals surface area contributed by atoms with Crippen molar-refractivity contribution >= 4 is 45.8 Å². The predicted molar refractivity (Wildman–Crippen MR) is 125 cm³/mol. The zero-order valence-electron chi connectivity index (χ0n) is 17.6. The number of nitrogens with zero attached hydrogens (tertiary/aromatic N) is 4. The van der Waals surface area contributed by atoms with E-state index in [9.17, 15) is 9.59 Å². The molecule has 4 rings (SSSR count). The molecule has 2 heterocycles. The standard InChI is InChI=1S/C23H23ClN4O2S/c1-14(2)12-13-27-21(30)18-6-4-5-7-19(18)28-22(27)25-26-23(28)31-15(3)20(29)16-8-10-17(24)11-9-16/h4-11,14-15H,12-13H2,1-3H3. The van der Waals surface area contributed by atoms with Crippen LogP contribution >= 0.6 is 23.4 Å². The number of Topliss-reactive ketones (excluding diaryl/α,β-unsaturated/α-hetero) is 1. The summed E-state index contributed by atoms with van der Waals surface area (Å²) in [6.45, 7) is 6.66. The number of aryl methyl sites for hydroxylation is 1. The van der Waals surface area contributed by atoms with Crippen LogP contribution in [0.1, 0.15) is 37.6 Å². The van der Waals surface area contributed by atoms with Crippen LogP contribution < -0.4 is 5.56 Å². The number of carbonyl (C=O) groups excluding carboxylic acids is 1. The molecule has 6 nitrogen and oxygen atoms in total. The Morgan fingerprint density at radius 3 is 2.48 bits per heavy atom. The Labute approximate surface area is 189 Å². The number of thioether (sulfide) groups is 1. The largest absolute Gasteiger partial charge is 0.293 e. The first-order valence-corrected chi connectivity index (χ1v) is 11.5. The van der Waals surface area contributed by atoms with E-state index in [0.29, 0.717) is 39.4 Å². The third-order valence-corrected chi connectivity index (χ3v) is 6.48. The molecule has 1 unspecified atom stereocenters. The Balaban J connectivity index is 1.77. The molecule has 0 amide bonds. The zero-order valence-corrected chi connectivity index (χ0v) is 19.2. The first-order chi connectivity index (χ1) is 14.9. The molecule has 31 heavy (non-hydrogen) atoms. The van der Waals surface area contributed by atoms with Gasteiger partial charge in [-0.25, -0.2) is 0 Å². The number of para-hydroxylation sites is 1. The van der Waals surface area contributed by atoms with Crippen LogP contribution in [0.15, 0.2) is 58.5 Å². The van der Waals surface area contributed by atoms with Gasteiger partial charge in [0.1, 0.15) is 0 Å². The molecule has 1 atom stereocenters. The zero-order chi connectivity index (χ0) is 22.1. The minimum atomic E-state index is -0.386. The van der Waals surface area contributed by atoms with Crippen molar-refractivity contribution in [1.29, 1.82) is 0 Å². The van der Waals surface area contributed by atoms with Crippen molar-refractivity contribution in [3.8, 4) is 0 Å². The molecule has 0 aliphatic heterocycles. The van der Waals surface area contributed by atoms with Crippen molar-refractivity contribution in [3.63, 3.8) is 0 Å². The summed E-state index contributed by atoms with van der Waals surface area (Å²) >= 11 is 7.27. The molecule has 0 N–H and O–H groups in total. The van der Waals surface area contributed by atoms with E-state index in [-0.39, 0.29) is 16.6 Å². The summed E-state index contributed by atoms with van der Waals surface area (Å²) in [4.78, 5) is 26.0. The van der Waals surface area contributed by atoms with E-state index in [0.717, 1.165) is 11.9 Å². The number of fused-ring (bicyclic) bond motifs is 3. The van der Waals surface area contributed by atoms with Crippen molar-refractivity contribution in [2.24, 2.45) is 5.92 Å². The molecule has 0 fully saturated rings. The van der Waals surface area contributed by atoms with Gasteiger partial charge in [0.25, 0.3) is 5.56 Å². The molecule has 0 aliphatic rings. The maximum absolute atomic E-state index is 13.1. The normalized spacial score (nSPS) is 12.7. The lowest BCUT2D eigenvalue weighted by Crippen LogP contribution is -2.24. The number of hydrogen-bond donors (Lipinski definition) is 0. The van der Waals surface area contributed by atoms with E-state index in [1.165, 1.54) is 11.8 Å². The van der Waals surface area contributed by atoms with Crippen molar-refractivity contribution in [2.75, 3.05) is 0 Å². The number of rotatable bonds is 7. The summed E-state index contributed by atoms with van der Waals surface area (Å²) in [5.74, 6) is 0.932. The minimum Gasteiger partial charge on any atom is -0.293 e. The van der Waals surface area contributed by atoms with Crippen LogP contribution in [0, 0.1) is 5.92 Å². The molecule has 160 valence electrons. The van der Waals surface area contributed by atoms with Gasteiger partial charge in [-0.1, -0.05) is 49.3 Å². The second kappa shape index (κ2) is 8.85. The van der Waals surface area contributed by atoms with E-state index in [2.05, 4.69) is 24.0 Å². The van der Waals surface area contributed by atoms with Gasteiger partial charge >= 0.3 is 0 Å². The van der Waals surface area contributed by atoms with Crippen molar-refractivity contribution < 1.29 is 4.79 Å². The maximum Gasteiger partial charge on any atom is 0.262 e. The van der Waals surface area contributed by atoms with Gasteiger partial charge in [-0.05, 0) is 55.7 Å². The summed E-state index contributed by atoms with van der Waals surface area (Å²) in [5, 5.41) is 10.1. The van der Waals surface area contributed by atoms with Gasteiger partial charge in [0.05, 0.1) is 16.2 Å². The van der Waals surface area contributed by atoms with Gasteiger partial charge in [0, 0.05) is 17.1 Å². The van der Waals surface area contributed by atoms with E-state index in [1.54, 1.807) is 28.8 Å². The molecule has 8 heteroatoms. The van der Waals surface area contributed by atoms with Crippen LogP contribution in [-0.4, -0.2) is 30.2 Å². The quantitative estimate of drug-likeness (QED) is 0.287. The Kier molecular flexibility index (Phi) is 6.16. The van der Waals surface area contributed by atoms with Crippen LogP contribution in [0.2, 0.25) is 5.02 Å². The highest BCUT2D eigenvalue weighted by molar-refractivity contribution is 8.00. The topological polar surface area (TPSA) is 69.3 Å². The fourth-order valence-electron chi connectivity index (χ4n) is 3.46. The number of ketones is 1. The van der Waals surface area contributed by atoms with E-state index >= 15 is 0 Å². The van der Waals surface area contributed by atoms with Gasteiger partial charge < -0.3 is 0 Å². The predicted octanol–water partition coefficient (Wildman–Crippen LogP) is 5.11. The van der Waals surface area contributed by atoms with Gasteiger partial charge in [0.2, 0.25) is 5.78 Å². The van der Waals surface area contributed by atoms with Gasteiger partial charge in [-0.3, -0.25) is 18.6 Å². The summed E-state index contributed by atoms with van der Waals surface area (Å²) in [5.41, 5.74) is 1.26. The third-order valence-electron chi connectivity index (χ3n) is 5.19. The number of aromatic nitrogens is 4. The second-order valence-electron chi connectivity index (χ2n) is 7.91. The highest BCUT2D eigenvalue weighted by Crippen LogP contribution is 2.27. The molecular weight excluding hydrogens is 432 g/mol. The van der Waals surface area contributed by atoms with Gasteiger partial charge in [0.15, 0.2) is 10.9 Å². The smallest absolute Gasteiger partial charge is 0.262 e. The molecule has 0 saturated heterocycles. The molecule has 0 spiro atoms. The average molecular weight is 455 g/mol. The van der Waals surface area contributed by atoms with Crippen LogP contribution in [0.5, 0.6) is 0 Å². The van der Waals surface area contributed by atoms with Crippen LogP contribution in [0.3, 0.4) is 0 Å². The lowest BCUT2D eigenvalue weighted by Gasteiger charge is -2.13. The molecule has 0 radical (unpaired) electrons. The highest BCUT2D eigenvalue weighted by atomic mass is 35.5. The fraction of sp³-hybridized carbons (Fsp3) is 0.304. The van der Waals surface area contributed by atoms with Crippen LogP contribution in [0.4, 0.5) is 0 Å². The summed E-state index contributed by atoms with van der Waals surface area (Å²) in [7, 11) is 0. The molecule has 0 aliphatic carbocycles. The summed E-state index contributed by atoms with van der Waals surface area (Å²) in [6, 6.07) is 14.3. The molecule has 2 aromatic carbocycles. The average Bonchev–Trinajstić information content (AvgIpc) is 3.17.